The van der Waals surface area contributed by atoms with Gasteiger partial charge in [0, 0.05) is 30.5 Å². The molecule has 190 valence electrons. The minimum atomic E-state index is -1.29. The molecule has 0 saturated carbocycles. The van der Waals surface area contributed by atoms with Crippen LogP contribution in [0, 0.1) is 5.92 Å². The van der Waals surface area contributed by atoms with Crippen molar-refractivity contribution < 1.29 is 29.1 Å². The molecule has 4 atom stereocenters. The summed E-state index contributed by atoms with van der Waals surface area (Å²) in [6, 6.07) is -4.57. The van der Waals surface area contributed by atoms with Crippen molar-refractivity contribution in [3.05, 3.63) is 18.2 Å². The van der Waals surface area contributed by atoms with E-state index in [0.29, 0.717) is 12.1 Å². The Morgan fingerprint density at radius 1 is 1.06 bits per heavy atom. The summed E-state index contributed by atoms with van der Waals surface area (Å²) < 4.78 is 0. The van der Waals surface area contributed by atoms with Gasteiger partial charge in [-0.1, -0.05) is 13.8 Å². The molecule has 0 aromatic carbocycles. The molecule has 0 saturated heterocycles. The van der Waals surface area contributed by atoms with Crippen LogP contribution in [-0.2, 0) is 30.4 Å². The van der Waals surface area contributed by atoms with Gasteiger partial charge in [0.05, 0.1) is 12.4 Å². The molecule has 9 N–H and O–H groups in total. The number of nitrogens with zero attached hydrogens (tertiary/aromatic N) is 1. The van der Waals surface area contributed by atoms with Crippen molar-refractivity contribution in [1.29, 1.82) is 0 Å². The van der Waals surface area contributed by atoms with Gasteiger partial charge in [0.15, 0.2) is 0 Å². The Kier molecular flexibility index (Phi) is 12.1. The minimum absolute atomic E-state index is 0.0418. The molecule has 0 spiro atoms. The van der Waals surface area contributed by atoms with E-state index in [0.717, 1.165) is 0 Å². The van der Waals surface area contributed by atoms with E-state index in [9.17, 15) is 29.1 Å². The molecule has 34 heavy (non-hydrogen) atoms. The molecular weight excluding hydrogens is 466 g/mol. The van der Waals surface area contributed by atoms with Gasteiger partial charge < -0.3 is 37.5 Å². The molecule has 13 nitrogen and oxygen atoms in total. The van der Waals surface area contributed by atoms with Gasteiger partial charge in [-0.3, -0.25) is 19.2 Å². The highest BCUT2D eigenvalue weighted by Crippen LogP contribution is 2.06. The van der Waals surface area contributed by atoms with E-state index in [1.807, 2.05) is 13.8 Å². The molecule has 1 heterocycles. The highest BCUT2D eigenvalue weighted by molar-refractivity contribution is 7.80. The molecule has 4 amide bonds. The number of aliphatic carboxylic acids is 1. The zero-order valence-corrected chi connectivity index (χ0v) is 20.0. The number of aromatic amines is 1. The third-order valence-corrected chi connectivity index (χ3v) is 5.15. The van der Waals surface area contributed by atoms with E-state index in [-0.39, 0.29) is 30.9 Å². The van der Waals surface area contributed by atoms with E-state index in [4.69, 9.17) is 11.5 Å². The van der Waals surface area contributed by atoms with Crippen molar-refractivity contribution in [2.45, 2.75) is 63.7 Å². The third kappa shape index (κ3) is 10.2. The van der Waals surface area contributed by atoms with Gasteiger partial charge in [0.2, 0.25) is 23.6 Å². The number of carboxylic acid groups (broad SMARTS) is 1. The van der Waals surface area contributed by atoms with Gasteiger partial charge in [0.1, 0.15) is 18.1 Å². The zero-order valence-electron chi connectivity index (χ0n) is 19.1. The van der Waals surface area contributed by atoms with Crippen LogP contribution in [0.15, 0.2) is 12.5 Å². The summed E-state index contributed by atoms with van der Waals surface area (Å²) in [5.74, 6) is -4.13. The molecular formula is C20H33N7O6S. The summed E-state index contributed by atoms with van der Waals surface area (Å²) in [4.78, 5) is 67.5. The number of aromatic nitrogens is 2. The Labute approximate surface area is 202 Å². The van der Waals surface area contributed by atoms with Crippen molar-refractivity contribution in [2.75, 3.05) is 5.75 Å². The van der Waals surface area contributed by atoms with Crippen LogP contribution in [0.3, 0.4) is 0 Å². The Morgan fingerprint density at radius 3 is 2.15 bits per heavy atom. The number of carboxylic acids is 1. The first kappa shape index (κ1) is 28.9. The molecule has 1 rings (SSSR count). The Hall–Kier alpha value is -3.13. The quantitative estimate of drug-likeness (QED) is 0.126. The van der Waals surface area contributed by atoms with Crippen LogP contribution in [0.2, 0.25) is 0 Å². The average molecular weight is 500 g/mol. The summed E-state index contributed by atoms with van der Waals surface area (Å²) in [5, 5.41) is 16.5. The van der Waals surface area contributed by atoms with E-state index in [1.165, 1.54) is 12.5 Å². The number of thiol groups is 1. The van der Waals surface area contributed by atoms with Crippen molar-refractivity contribution in [2.24, 2.45) is 17.4 Å². The number of hydrogen-bond donors (Lipinski definition) is 8. The lowest BCUT2D eigenvalue weighted by molar-refractivity contribution is -0.141. The summed E-state index contributed by atoms with van der Waals surface area (Å²) >= 11 is 3.91. The first-order valence-electron chi connectivity index (χ1n) is 10.7. The summed E-state index contributed by atoms with van der Waals surface area (Å²) in [6.07, 6.45) is 2.84. The molecule has 1 aromatic rings. The zero-order chi connectivity index (χ0) is 25.8. The number of nitrogens with two attached hydrogens (primary N) is 2. The van der Waals surface area contributed by atoms with Crippen LogP contribution in [0.4, 0.5) is 0 Å². The maximum atomic E-state index is 13.0. The van der Waals surface area contributed by atoms with Gasteiger partial charge in [-0.25, -0.2) is 9.78 Å². The number of primary amides is 1. The molecule has 14 heteroatoms. The standard InChI is InChI=1S/C20H33N7O6S/c1-10(2)5-12(21)17(29)25-13(3-4-16(22)28)18(30)26-14(6-11-7-23-9-24-11)19(31)27-15(8-34)20(32)33/h7,9-10,12-15,34H,3-6,8,21H2,1-2H3,(H2,22,28)(H,23,24)(H,25,29)(H,26,30)(H,27,31)(H,32,33). The number of nitrogens with one attached hydrogen (secondary N) is 4. The number of H-pyrrole nitrogens is 1. The van der Waals surface area contributed by atoms with Gasteiger partial charge >= 0.3 is 5.97 Å². The normalized spacial score (nSPS) is 14.5. The van der Waals surface area contributed by atoms with Crippen molar-refractivity contribution in [3.8, 4) is 0 Å². The molecule has 0 aliphatic carbocycles. The van der Waals surface area contributed by atoms with E-state index in [1.54, 1.807) is 0 Å². The highest BCUT2D eigenvalue weighted by atomic mass is 32.1. The minimum Gasteiger partial charge on any atom is -0.480 e. The van der Waals surface area contributed by atoms with E-state index < -0.39 is 53.8 Å². The second-order valence-corrected chi connectivity index (χ2v) is 8.59. The van der Waals surface area contributed by atoms with E-state index in [2.05, 4.69) is 38.5 Å². The largest absolute Gasteiger partial charge is 0.480 e. The molecule has 4 unspecified atom stereocenters. The predicted octanol–water partition coefficient (Wildman–Crippen LogP) is -1.94. The number of carbonyl (C=O) groups excluding carboxylic acids is 4. The smallest absolute Gasteiger partial charge is 0.327 e. The monoisotopic (exact) mass is 499 g/mol. The molecule has 0 fully saturated rings. The van der Waals surface area contributed by atoms with Crippen molar-refractivity contribution >= 4 is 42.2 Å². The van der Waals surface area contributed by atoms with Gasteiger partial charge in [-0.2, -0.15) is 12.6 Å². The fourth-order valence-electron chi connectivity index (χ4n) is 3.00. The van der Waals surface area contributed by atoms with Crippen LogP contribution < -0.4 is 27.4 Å². The lowest BCUT2D eigenvalue weighted by Gasteiger charge is -2.25. The predicted molar refractivity (Wildman–Crippen MR) is 125 cm³/mol. The fourth-order valence-corrected chi connectivity index (χ4v) is 3.25. The molecule has 0 aliphatic rings. The maximum absolute atomic E-state index is 13.0. The molecule has 0 aliphatic heterocycles. The topological polar surface area (TPSA) is 222 Å². The molecule has 1 aromatic heterocycles. The van der Waals surface area contributed by atoms with E-state index >= 15 is 0 Å². The van der Waals surface area contributed by atoms with Gasteiger partial charge in [-0.15, -0.1) is 0 Å². The highest BCUT2D eigenvalue weighted by Gasteiger charge is 2.30. The summed E-state index contributed by atoms with van der Waals surface area (Å²) in [5.41, 5.74) is 11.6. The number of rotatable bonds is 15. The third-order valence-electron chi connectivity index (χ3n) is 4.78. The number of amides is 4. The van der Waals surface area contributed by atoms with Crippen molar-refractivity contribution in [1.82, 2.24) is 25.9 Å². The fraction of sp³-hybridized carbons (Fsp3) is 0.600. The van der Waals surface area contributed by atoms with Crippen LogP contribution in [0.25, 0.3) is 0 Å². The molecule has 0 radical (unpaired) electrons. The van der Waals surface area contributed by atoms with Gasteiger partial charge in [0.25, 0.3) is 0 Å². The number of imidazole rings is 1. The first-order valence-corrected chi connectivity index (χ1v) is 11.3. The number of carbonyl (C=O) groups is 5. The SMILES string of the molecule is CC(C)CC(N)C(=O)NC(CCC(N)=O)C(=O)NC(Cc1cnc[nH]1)C(=O)NC(CS)C(=O)O. The number of hydrogen-bond acceptors (Lipinski definition) is 8. The lowest BCUT2D eigenvalue weighted by atomic mass is 10.0. The second kappa shape index (κ2) is 14.2. The van der Waals surface area contributed by atoms with Crippen LogP contribution in [0.5, 0.6) is 0 Å². The van der Waals surface area contributed by atoms with Gasteiger partial charge in [-0.05, 0) is 18.8 Å². The lowest BCUT2D eigenvalue weighted by Crippen LogP contribution is -2.58. The van der Waals surface area contributed by atoms with Crippen molar-refractivity contribution in [3.63, 3.8) is 0 Å². The van der Waals surface area contributed by atoms with Crippen LogP contribution in [0.1, 0.15) is 38.8 Å². The van der Waals surface area contributed by atoms with Crippen LogP contribution in [-0.4, -0.2) is 74.6 Å². The molecule has 0 bridgehead atoms. The average Bonchev–Trinajstić information content (AvgIpc) is 3.26. The Balaban J connectivity index is 3.04. The second-order valence-electron chi connectivity index (χ2n) is 8.23. The van der Waals surface area contributed by atoms with Crippen LogP contribution >= 0.6 is 12.6 Å². The Morgan fingerprint density at radius 2 is 1.65 bits per heavy atom. The summed E-state index contributed by atoms with van der Waals surface area (Å²) in [6.45, 7) is 3.77. The summed E-state index contributed by atoms with van der Waals surface area (Å²) in [7, 11) is 0. The first-order chi connectivity index (χ1) is 15.9. The Bertz CT molecular complexity index is 848. The maximum Gasteiger partial charge on any atom is 0.327 e.